The third-order valence-corrected chi connectivity index (χ3v) is 2.71. The van der Waals surface area contributed by atoms with E-state index in [4.69, 9.17) is 0 Å². The highest BCUT2D eigenvalue weighted by Crippen LogP contribution is 2.23. The summed E-state index contributed by atoms with van der Waals surface area (Å²) in [6.07, 6.45) is 1.53. The number of hydrogen-bond donors (Lipinski definition) is 0. The molecule has 5 heteroatoms. The van der Waals surface area contributed by atoms with Crippen molar-refractivity contribution in [2.75, 3.05) is 0 Å². The van der Waals surface area contributed by atoms with Crippen LogP contribution < -0.4 is 0 Å². The molecule has 0 aromatic carbocycles. The number of aromatic nitrogens is 2. The maximum atomic E-state index is 4.68. The van der Waals surface area contributed by atoms with E-state index in [1.807, 2.05) is 5.38 Å². The van der Waals surface area contributed by atoms with Crippen LogP contribution in [0.1, 0.15) is 0 Å². The molecule has 56 valence electrons. The highest BCUT2D eigenvalue weighted by molar-refractivity contribution is 9.10. The molecule has 0 bridgehead atoms. The minimum Gasteiger partial charge on any atom is -0.364 e. The van der Waals surface area contributed by atoms with Crippen LogP contribution in [-0.4, -0.2) is 10.1 Å². The van der Waals surface area contributed by atoms with Gasteiger partial charge in [-0.2, -0.15) is 0 Å². The lowest BCUT2D eigenvalue weighted by atomic mass is 10.5. The zero-order valence-corrected chi connectivity index (χ0v) is 7.72. The van der Waals surface area contributed by atoms with Crippen LogP contribution >= 0.6 is 27.3 Å². The third kappa shape index (κ3) is 1.34. The molecule has 3 nitrogen and oxygen atoms in total. The van der Waals surface area contributed by atoms with Crippen LogP contribution in [0.2, 0.25) is 0 Å². The van der Waals surface area contributed by atoms with Crippen molar-refractivity contribution < 1.29 is 4.52 Å². The molecular weight excluding hydrogens is 228 g/mol. The molecule has 2 aromatic heterocycles. The SMILES string of the molecule is Brc1csc(-c2ccon2)n1. The minimum absolute atomic E-state index is 0.778. The molecule has 2 heterocycles. The molecule has 2 rings (SSSR count). The maximum absolute atomic E-state index is 4.68. The maximum Gasteiger partial charge on any atom is 0.146 e. The first-order chi connectivity index (χ1) is 5.36. The average molecular weight is 231 g/mol. The smallest absolute Gasteiger partial charge is 0.146 e. The van der Waals surface area contributed by atoms with Crippen LogP contribution in [0.4, 0.5) is 0 Å². The van der Waals surface area contributed by atoms with Gasteiger partial charge in [0.1, 0.15) is 21.6 Å². The van der Waals surface area contributed by atoms with Gasteiger partial charge in [-0.1, -0.05) is 5.16 Å². The summed E-state index contributed by atoms with van der Waals surface area (Å²) in [4.78, 5) is 4.17. The molecule has 0 aliphatic heterocycles. The number of halogens is 1. The zero-order valence-electron chi connectivity index (χ0n) is 5.32. The zero-order chi connectivity index (χ0) is 7.68. The van der Waals surface area contributed by atoms with Gasteiger partial charge < -0.3 is 4.52 Å². The molecule has 11 heavy (non-hydrogen) atoms. The highest BCUT2D eigenvalue weighted by Gasteiger charge is 2.04. The lowest BCUT2D eigenvalue weighted by molar-refractivity contribution is 0.422. The fourth-order valence-corrected chi connectivity index (χ4v) is 1.91. The van der Waals surface area contributed by atoms with Crippen LogP contribution in [0.5, 0.6) is 0 Å². The Morgan fingerprint density at radius 2 is 2.45 bits per heavy atom. The Morgan fingerprint density at radius 3 is 3.00 bits per heavy atom. The van der Waals surface area contributed by atoms with Crippen LogP contribution in [0.25, 0.3) is 10.7 Å². The predicted molar refractivity (Wildman–Crippen MR) is 45.3 cm³/mol. The highest BCUT2D eigenvalue weighted by atomic mass is 79.9. The van der Waals surface area contributed by atoms with Gasteiger partial charge in [0.25, 0.3) is 0 Å². The molecule has 0 radical (unpaired) electrons. The largest absolute Gasteiger partial charge is 0.364 e. The van der Waals surface area contributed by atoms with Crippen molar-refractivity contribution in [2.24, 2.45) is 0 Å². The minimum atomic E-state index is 0.778. The lowest BCUT2D eigenvalue weighted by Gasteiger charge is -1.81. The first-order valence-electron chi connectivity index (χ1n) is 2.88. The molecule has 2 aromatic rings. The monoisotopic (exact) mass is 230 g/mol. The van der Waals surface area contributed by atoms with E-state index in [0.29, 0.717) is 0 Å². The second kappa shape index (κ2) is 2.75. The van der Waals surface area contributed by atoms with Gasteiger partial charge in [0.15, 0.2) is 0 Å². The number of thiazole rings is 1. The molecule has 0 amide bonds. The fourth-order valence-electron chi connectivity index (χ4n) is 0.695. The van der Waals surface area contributed by atoms with Crippen molar-refractivity contribution in [2.45, 2.75) is 0 Å². The lowest BCUT2D eigenvalue weighted by Crippen LogP contribution is -1.72. The molecule has 0 saturated carbocycles. The summed E-state index contributed by atoms with van der Waals surface area (Å²) in [6.45, 7) is 0. The van der Waals surface area contributed by atoms with Gasteiger partial charge in [0.2, 0.25) is 0 Å². The molecule has 0 N–H and O–H groups in total. The first kappa shape index (κ1) is 7.00. The van der Waals surface area contributed by atoms with Gasteiger partial charge in [-0.3, -0.25) is 0 Å². The third-order valence-electron chi connectivity index (χ3n) is 1.13. The second-order valence-corrected chi connectivity index (χ2v) is 3.53. The van der Waals surface area contributed by atoms with Crippen molar-refractivity contribution in [3.05, 3.63) is 22.3 Å². The van der Waals surface area contributed by atoms with E-state index in [0.717, 1.165) is 15.3 Å². The first-order valence-corrected chi connectivity index (χ1v) is 4.55. The van der Waals surface area contributed by atoms with Gasteiger partial charge in [0.05, 0.1) is 0 Å². The molecule has 0 spiro atoms. The van der Waals surface area contributed by atoms with E-state index in [-0.39, 0.29) is 0 Å². The van der Waals surface area contributed by atoms with E-state index < -0.39 is 0 Å². The summed E-state index contributed by atoms with van der Waals surface area (Å²) in [6, 6.07) is 1.78. The van der Waals surface area contributed by atoms with Gasteiger partial charge >= 0.3 is 0 Å². The van der Waals surface area contributed by atoms with E-state index in [2.05, 4.69) is 30.6 Å². The molecule has 0 saturated heterocycles. The van der Waals surface area contributed by atoms with Crippen molar-refractivity contribution in [3.8, 4) is 10.7 Å². The standard InChI is InChI=1S/C6H3BrN2OS/c7-5-3-11-6(8-5)4-1-2-10-9-4/h1-3H. The number of rotatable bonds is 1. The Labute approximate surface area is 75.2 Å². The van der Waals surface area contributed by atoms with Crippen molar-refractivity contribution in [3.63, 3.8) is 0 Å². The Bertz CT molecular complexity index is 343. The molecular formula is C6H3BrN2OS. The van der Waals surface area contributed by atoms with Crippen LogP contribution in [0, 0.1) is 0 Å². The molecule has 0 fully saturated rings. The molecule has 0 unspecified atom stereocenters. The van der Waals surface area contributed by atoms with Gasteiger partial charge in [-0.15, -0.1) is 11.3 Å². The normalized spacial score (nSPS) is 10.3. The summed E-state index contributed by atoms with van der Waals surface area (Å²) >= 11 is 4.79. The van der Waals surface area contributed by atoms with E-state index in [1.165, 1.54) is 17.6 Å². The average Bonchev–Trinajstić information content (AvgIpc) is 2.55. The van der Waals surface area contributed by atoms with Crippen LogP contribution in [0.3, 0.4) is 0 Å². The van der Waals surface area contributed by atoms with E-state index in [1.54, 1.807) is 6.07 Å². The molecule has 0 aliphatic rings. The summed E-state index contributed by atoms with van der Waals surface area (Å²) in [5, 5.41) is 6.52. The predicted octanol–water partition coefficient (Wildman–Crippen LogP) is 2.56. The van der Waals surface area contributed by atoms with Gasteiger partial charge in [0, 0.05) is 11.4 Å². The summed E-state index contributed by atoms with van der Waals surface area (Å²) in [5.74, 6) is 0. The molecule has 0 aliphatic carbocycles. The van der Waals surface area contributed by atoms with Gasteiger partial charge in [-0.05, 0) is 15.9 Å². The topological polar surface area (TPSA) is 38.9 Å². The van der Waals surface area contributed by atoms with Crippen LogP contribution in [0.15, 0.2) is 26.8 Å². The second-order valence-electron chi connectivity index (χ2n) is 1.86. The van der Waals surface area contributed by atoms with Crippen molar-refractivity contribution >= 4 is 27.3 Å². The Balaban J connectivity index is 2.45. The van der Waals surface area contributed by atoms with Crippen molar-refractivity contribution in [1.82, 2.24) is 10.1 Å². The summed E-state index contributed by atoms with van der Waals surface area (Å²) in [7, 11) is 0. The summed E-state index contributed by atoms with van der Waals surface area (Å²) < 4.78 is 5.51. The summed E-state index contributed by atoms with van der Waals surface area (Å²) in [5.41, 5.74) is 0.778. The number of hydrogen-bond acceptors (Lipinski definition) is 4. The quantitative estimate of drug-likeness (QED) is 0.756. The fraction of sp³-hybridized carbons (Fsp3) is 0. The molecule has 0 atom stereocenters. The number of nitrogens with zero attached hydrogens (tertiary/aromatic N) is 2. The van der Waals surface area contributed by atoms with Crippen molar-refractivity contribution in [1.29, 1.82) is 0 Å². The van der Waals surface area contributed by atoms with Gasteiger partial charge in [-0.25, -0.2) is 4.98 Å². The van der Waals surface area contributed by atoms with E-state index in [9.17, 15) is 0 Å². The Morgan fingerprint density at radius 1 is 1.55 bits per heavy atom. The Kier molecular flexibility index (Phi) is 1.75. The van der Waals surface area contributed by atoms with Crippen LogP contribution in [-0.2, 0) is 0 Å². The Hall–Kier alpha value is -0.680. The van der Waals surface area contributed by atoms with E-state index >= 15 is 0 Å².